The highest BCUT2D eigenvalue weighted by Crippen LogP contribution is 2.41. The fraction of sp³-hybridized carbons (Fsp3) is 0.160. The van der Waals surface area contributed by atoms with Gasteiger partial charge in [-0.3, -0.25) is 24.6 Å². The van der Waals surface area contributed by atoms with Crippen LogP contribution >= 0.6 is 0 Å². The fourth-order valence-electron chi connectivity index (χ4n) is 3.74. The number of hydrogen-bond donors (Lipinski definition) is 1. The molecular formula is C25H21N3O6. The number of benzene rings is 2. The smallest absolute Gasteiger partial charge is 0.301 e. The van der Waals surface area contributed by atoms with Crippen molar-refractivity contribution in [1.29, 1.82) is 0 Å². The molecule has 1 atom stereocenters. The lowest BCUT2D eigenvalue weighted by molar-refractivity contribution is -0.384. The molecule has 172 valence electrons. The van der Waals surface area contributed by atoms with Gasteiger partial charge in [0.1, 0.15) is 17.3 Å². The maximum absolute atomic E-state index is 13.1. The van der Waals surface area contributed by atoms with Crippen LogP contribution in [0.4, 0.5) is 11.5 Å². The zero-order valence-corrected chi connectivity index (χ0v) is 18.2. The molecule has 1 saturated heterocycles. The topological polar surface area (TPSA) is 123 Å². The van der Waals surface area contributed by atoms with Crippen molar-refractivity contribution in [2.45, 2.75) is 19.4 Å². The lowest BCUT2D eigenvalue weighted by atomic mass is 9.95. The first kappa shape index (κ1) is 22.7. The Hall–Kier alpha value is -4.53. The third kappa shape index (κ3) is 4.23. The van der Waals surface area contributed by atoms with Crippen LogP contribution in [0.2, 0.25) is 0 Å². The molecule has 34 heavy (non-hydrogen) atoms. The highest BCUT2D eigenvalue weighted by Gasteiger charge is 2.47. The Kier molecular flexibility index (Phi) is 6.35. The highest BCUT2D eigenvalue weighted by molar-refractivity contribution is 6.51. The second kappa shape index (κ2) is 9.53. The van der Waals surface area contributed by atoms with Crippen molar-refractivity contribution in [3.63, 3.8) is 0 Å². The normalized spacial score (nSPS) is 17.1. The van der Waals surface area contributed by atoms with Gasteiger partial charge < -0.3 is 9.84 Å². The van der Waals surface area contributed by atoms with Crippen LogP contribution in [0.1, 0.15) is 30.5 Å². The number of amides is 1. The first-order chi connectivity index (χ1) is 16.4. The van der Waals surface area contributed by atoms with E-state index in [0.717, 1.165) is 6.42 Å². The summed E-state index contributed by atoms with van der Waals surface area (Å²) < 4.78 is 5.56. The Labute approximate surface area is 195 Å². The molecule has 1 N–H and O–H groups in total. The average Bonchev–Trinajstić information content (AvgIpc) is 3.13. The summed E-state index contributed by atoms with van der Waals surface area (Å²) in [5.41, 5.74) is 0.475. The second-order valence-corrected chi connectivity index (χ2v) is 7.58. The molecule has 0 radical (unpaired) electrons. The van der Waals surface area contributed by atoms with Crippen LogP contribution in [0.5, 0.6) is 5.75 Å². The van der Waals surface area contributed by atoms with Gasteiger partial charge in [0.05, 0.1) is 23.1 Å². The predicted octanol–water partition coefficient (Wildman–Crippen LogP) is 4.40. The van der Waals surface area contributed by atoms with Gasteiger partial charge in [0.15, 0.2) is 0 Å². The van der Waals surface area contributed by atoms with Crippen LogP contribution in [0.3, 0.4) is 0 Å². The van der Waals surface area contributed by atoms with Crippen LogP contribution in [0.25, 0.3) is 5.76 Å². The van der Waals surface area contributed by atoms with Crippen molar-refractivity contribution in [2.24, 2.45) is 0 Å². The Morgan fingerprint density at radius 3 is 2.38 bits per heavy atom. The summed E-state index contributed by atoms with van der Waals surface area (Å²) in [5.74, 6) is -1.26. The van der Waals surface area contributed by atoms with Gasteiger partial charge in [0, 0.05) is 23.9 Å². The number of Topliss-reactive ketones (excluding diaryl/α,β-unsaturated/α-hetero) is 1. The monoisotopic (exact) mass is 459 g/mol. The first-order valence-electron chi connectivity index (χ1n) is 10.6. The van der Waals surface area contributed by atoms with Crippen LogP contribution in [0, 0.1) is 10.1 Å². The number of nitro benzene ring substituents is 1. The van der Waals surface area contributed by atoms with Crippen molar-refractivity contribution < 1.29 is 24.4 Å². The number of nitro groups is 1. The largest absolute Gasteiger partial charge is 0.507 e. The van der Waals surface area contributed by atoms with Gasteiger partial charge in [-0.2, -0.15) is 0 Å². The average molecular weight is 459 g/mol. The number of carbonyl (C=O) groups is 2. The SMILES string of the molecule is CCCOc1ccc(C(O)=C2C(=O)C(=O)N(c3ccccn3)[C@@H]2c2ccc([N+](=O)[O-])cc2)cc1. The predicted molar refractivity (Wildman–Crippen MR) is 124 cm³/mol. The van der Waals surface area contributed by atoms with Crippen LogP contribution in [-0.4, -0.2) is 33.3 Å². The molecule has 1 amide bonds. The maximum Gasteiger partial charge on any atom is 0.301 e. The van der Waals surface area contributed by atoms with Crippen molar-refractivity contribution >= 4 is 29.0 Å². The molecule has 1 aromatic heterocycles. The minimum absolute atomic E-state index is 0.133. The van der Waals surface area contributed by atoms with E-state index in [1.807, 2.05) is 6.92 Å². The van der Waals surface area contributed by atoms with E-state index < -0.39 is 22.7 Å². The van der Waals surface area contributed by atoms with E-state index in [1.165, 1.54) is 35.4 Å². The van der Waals surface area contributed by atoms with E-state index in [9.17, 15) is 24.8 Å². The van der Waals surface area contributed by atoms with Gasteiger partial charge in [-0.25, -0.2) is 4.98 Å². The van der Waals surface area contributed by atoms with Crippen LogP contribution in [0.15, 0.2) is 78.5 Å². The molecule has 0 aliphatic carbocycles. The number of non-ortho nitro benzene ring substituents is 1. The molecule has 1 fully saturated rings. The van der Waals surface area contributed by atoms with E-state index in [4.69, 9.17) is 4.74 Å². The lowest BCUT2D eigenvalue weighted by Gasteiger charge is -2.24. The fourth-order valence-corrected chi connectivity index (χ4v) is 3.74. The molecular weight excluding hydrogens is 438 g/mol. The van der Waals surface area contributed by atoms with Gasteiger partial charge in [-0.15, -0.1) is 0 Å². The molecule has 3 aromatic rings. The summed E-state index contributed by atoms with van der Waals surface area (Å²) in [6, 6.07) is 15.9. The van der Waals surface area contributed by atoms with E-state index in [1.54, 1.807) is 42.5 Å². The number of anilines is 1. The molecule has 0 saturated carbocycles. The Morgan fingerprint density at radius 1 is 1.09 bits per heavy atom. The van der Waals surface area contributed by atoms with Gasteiger partial charge >= 0.3 is 5.91 Å². The summed E-state index contributed by atoms with van der Waals surface area (Å²) in [5, 5.41) is 22.2. The first-order valence-corrected chi connectivity index (χ1v) is 10.6. The number of aromatic nitrogens is 1. The molecule has 1 aliphatic rings. The number of hydrogen-bond acceptors (Lipinski definition) is 7. The Morgan fingerprint density at radius 2 is 1.79 bits per heavy atom. The maximum atomic E-state index is 13.1. The van der Waals surface area contributed by atoms with Gasteiger partial charge in [0.25, 0.3) is 11.5 Å². The van der Waals surface area contributed by atoms with Crippen molar-refractivity contribution in [2.75, 3.05) is 11.5 Å². The van der Waals surface area contributed by atoms with Gasteiger partial charge in [0.2, 0.25) is 0 Å². The zero-order valence-electron chi connectivity index (χ0n) is 18.2. The third-order valence-electron chi connectivity index (χ3n) is 5.36. The van der Waals surface area contributed by atoms with E-state index >= 15 is 0 Å². The number of ketones is 1. The summed E-state index contributed by atoms with van der Waals surface area (Å²) >= 11 is 0. The number of carbonyl (C=O) groups excluding carboxylic acids is 2. The molecule has 2 aromatic carbocycles. The highest BCUT2D eigenvalue weighted by atomic mass is 16.6. The number of aliphatic hydroxyl groups is 1. The van der Waals surface area contributed by atoms with Crippen molar-refractivity contribution in [3.05, 3.63) is 99.7 Å². The molecule has 0 unspecified atom stereocenters. The summed E-state index contributed by atoms with van der Waals surface area (Å²) in [4.78, 5) is 42.1. The third-order valence-corrected chi connectivity index (χ3v) is 5.36. The van der Waals surface area contributed by atoms with Crippen molar-refractivity contribution in [1.82, 2.24) is 4.98 Å². The molecule has 0 bridgehead atoms. The molecule has 9 heteroatoms. The van der Waals surface area contributed by atoms with E-state index in [-0.39, 0.29) is 22.8 Å². The molecule has 1 aliphatic heterocycles. The number of rotatable bonds is 7. The summed E-state index contributed by atoms with van der Waals surface area (Å²) in [6.07, 6.45) is 2.32. The van der Waals surface area contributed by atoms with E-state index in [0.29, 0.717) is 23.5 Å². The summed E-state index contributed by atoms with van der Waals surface area (Å²) in [6.45, 7) is 2.53. The standard InChI is InChI=1S/C25H21N3O6/c1-2-15-34-19-12-8-17(9-13-19)23(29)21-22(16-6-10-18(11-7-16)28(32)33)27(25(31)24(21)30)20-5-3-4-14-26-20/h3-14,22,29H,2,15H2,1H3/t22-/m1/s1. The number of ether oxygens (including phenoxy) is 1. The van der Waals surface area contributed by atoms with Crippen molar-refractivity contribution in [3.8, 4) is 5.75 Å². The molecule has 0 spiro atoms. The number of pyridine rings is 1. The van der Waals surface area contributed by atoms with Crippen LogP contribution < -0.4 is 9.64 Å². The number of aliphatic hydroxyl groups excluding tert-OH is 1. The lowest BCUT2D eigenvalue weighted by Crippen LogP contribution is -2.30. The Bertz CT molecular complexity index is 1250. The van der Waals surface area contributed by atoms with Crippen LogP contribution in [-0.2, 0) is 9.59 Å². The quantitative estimate of drug-likeness (QED) is 0.183. The molecule has 4 rings (SSSR count). The van der Waals surface area contributed by atoms with E-state index in [2.05, 4.69) is 4.98 Å². The molecule has 2 heterocycles. The van der Waals surface area contributed by atoms with Gasteiger partial charge in [-0.05, 0) is 60.5 Å². The zero-order chi connectivity index (χ0) is 24.2. The summed E-state index contributed by atoms with van der Waals surface area (Å²) in [7, 11) is 0. The Balaban J connectivity index is 1.84. The number of nitrogens with zero attached hydrogens (tertiary/aromatic N) is 3. The minimum atomic E-state index is -1.02. The van der Waals surface area contributed by atoms with Gasteiger partial charge in [-0.1, -0.05) is 13.0 Å². The minimum Gasteiger partial charge on any atom is -0.507 e. The molecule has 9 nitrogen and oxygen atoms in total. The second-order valence-electron chi connectivity index (χ2n) is 7.58.